The van der Waals surface area contributed by atoms with E-state index in [0.717, 1.165) is 16.5 Å². The summed E-state index contributed by atoms with van der Waals surface area (Å²) in [7, 11) is 0. The van der Waals surface area contributed by atoms with Crippen molar-refractivity contribution in [3.05, 3.63) is 78.4 Å². The molecule has 0 aliphatic heterocycles. The fraction of sp³-hybridized carbons (Fsp3) is 0. The summed E-state index contributed by atoms with van der Waals surface area (Å²) in [5.74, 6) is -0.216. The predicted octanol–water partition coefficient (Wildman–Crippen LogP) is 0.806. The van der Waals surface area contributed by atoms with Crippen LogP contribution in [-0.2, 0) is 0 Å². The van der Waals surface area contributed by atoms with Gasteiger partial charge in [0.1, 0.15) is 0 Å². The molecular weight excluding hydrogens is 403 g/mol. The molecule has 3 rings (SSSR count). The van der Waals surface area contributed by atoms with Crippen LogP contribution in [0.4, 0.5) is 10.5 Å². The van der Waals surface area contributed by atoms with Crippen LogP contribution in [-0.4, -0.2) is 9.82 Å². The number of amides is 2. The molecule has 23 heavy (non-hydrogen) atoms. The molecule has 2 amide bonds. The van der Waals surface area contributed by atoms with Crippen molar-refractivity contribution in [2.75, 3.05) is 5.32 Å². The van der Waals surface area contributed by atoms with Gasteiger partial charge in [0.05, 0.1) is 0 Å². The fourth-order valence-electron chi connectivity index (χ4n) is 2.19. The summed E-state index contributed by atoms with van der Waals surface area (Å²) in [5, 5.41) is 4.94. The van der Waals surface area contributed by atoms with E-state index in [0.29, 0.717) is 5.56 Å². The average Bonchev–Trinajstić information content (AvgIpc) is 2.61. The van der Waals surface area contributed by atoms with Crippen LogP contribution in [0.15, 0.2) is 72.8 Å². The van der Waals surface area contributed by atoms with Gasteiger partial charge in [0, 0.05) is 0 Å². The van der Waals surface area contributed by atoms with Gasteiger partial charge >= 0.3 is 145 Å². The number of hydrogen-bond donors (Lipinski definition) is 2. The topological polar surface area (TPSA) is 58.2 Å². The number of nitrogens with one attached hydrogen (secondary N) is 2. The average molecular weight is 417 g/mol. The first-order chi connectivity index (χ1) is 11.2. The molecule has 0 bridgehead atoms. The van der Waals surface area contributed by atoms with Crippen molar-refractivity contribution in [1.29, 1.82) is 0 Å². The van der Waals surface area contributed by atoms with Crippen molar-refractivity contribution >= 4 is 26.3 Å². The van der Waals surface area contributed by atoms with Gasteiger partial charge in [-0.05, 0) is 0 Å². The maximum absolute atomic E-state index is 12.1. The molecule has 0 heterocycles. The molecule has 0 unspecified atom stereocenters. The summed E-state index contributed by atoms with van der Waals surface area (Å²) in [5.41, 5.74) is 1.33. The second kappa shape index (κ2) is 7.23. The van der Waals surface area contributed by atoms with Crippen LogP contribution < -0.4 is 30.3 Å². The summed E-state index contributed by atoms with van der Waals surface area (Å²) >= 11 is -1.14. The summed E-state index contributed by atoms with van der Waals surface area (Å²) in [6.45, 7) is 0. The van der Waals surface area contributed by atoms with Crippen molar-refractivity contribution in [2.24, 2.45) is 0 Å². The maximum atomic E-state index is 12.1. The number of benzene rings is 3. The molecule has 3 aromatic rings. The van der Waals surface area contributed by atoms with Crippen molar-refractivity contribution < 1.29 is 31.1 Å². The molecule has 0 fully saturated rings. The molecule has 2 N–H and O–H groups in total. The first-order valence-electron chi connectivity index (χ1n) is 7.02. The zero-order chi connectivity index (χ0) is 16.1. The standard InChI is InChI=1S/C18H14IN2O2/c22-17(14-8-2-1-3-9-14)21-19-18(23)20-16-12-6-10-13-7-4-5-11-15(13)16/h1-12H,(H,20,23)(H,21,22)/q-1. The van der Waals surface area contributed by atoms with Crippen molar-refractivity contribution in [2.45, 2.75) is 0 Å². The van der Waals surface area contributed by atoms with E-state index in [2.05, 4.69) is 8.85 Å². The molecule has 0 radical (unpaired) electrons. The van der Waals surface area contributed by atoms with Gasteiger partial charge in [-0.3, -0.25) is 0 Å². The summed E-state index contributed by atoms with van der Waals surface area (Å²) < 4.78 is 2.58. The molecule has 0 aromatic heterocycles. The Kier molecular flexibility index (Phi) is 4.87. The van der Waals surface area contributed by atoms with Crippen molar-refractivity contribution in [3.63, 3.8) is 0 Å². The number of hydrogen-bond acceptors (Lipinski definition) is 2. The molecule has 4 nitrogen and oxygen atoms in total. The summed E-state index contributed by atoms with van der Waals surface area (Å²) in [4.78, 5) is 24.1. The first kappa shape index (κ1) is 15.5. The number of anilines is 1. The fourth-order valence-corrected chi connectivity index (χ4v) is 3.42. The van der Waals surface area contributed by atoms with E-state index in [9.17, 15) is 9.59 Å². The van der Waals surface area contributed by atoms with Crippen LogP contribution >= 0.6 is 0 Å². The normalized spacial score (nSPS) is 10.4. The minimum absolute atomic E-state index is 0.149. The van der Waals surface area contributed by atoms with Gasteiger partial charge < -0.3 is 0 Å². The van der Waals surface area contributed by atoms with E-state index in [4.69, 9.17) is 0 Å². The molecule has 0 saturated carbocycles. The quantitative estimate of drug-likeness (QED) is 0.286. The second-order valence-corrected chi connectivity index (χ2v) is 6.87. The zero-order valence-electron chi connectivity index (χ0n) is 12.1. The van der Waals surface area contributed by atoms with E-state index in [1.165, 1.54) is 0 Å². The summed E-state index contributed by atoms with van der Waals surface area (Å²) in [6.07, 6.45) is 0. The SMILES string of the molecule is O=C(Nc1cccc2ccccc12)[I-]NC(=O)c1ccccc1. The van der Waals surface area contributed by atoms with Gasteiger partial charge in [-0.25, -0.2) is 0 Å². The third kappa shape index (κ3) is 3.87. The third-order valence-corrected chi connectivity index (χ3v) is 4.80. The van der Waals surface area contributed by atoms with Crippen LogP contribution in [0.3, 0.4) is 0 Å². The van der Waals surface area contributed by atoms with E-state index in [1.807, 2.05) is 48.5 Å². The predicted molar refractivity (Wildman–Crippen MR) is 86.9 cm³/mol. The Hall–Kier alpha value is -2.41. The Morgan fingerprint density at radius 2 is 1.48 bits per heavy atom. The third-order valence-electron chi connectivity index (χ3n) is 3.28. The number of carbonyl (C=O) groups excluding carboxylic acids is 2. The van der Waals surface area contributed by atoms with Gasteiger partial charge in [-0.2, -0.15) is 0 Å². The van der Waals surface area contributed by atoms with Crippen LogP contribution in [0, 0.1) is 0 Å². The van der Waals surface area contributed by atoms with Crippen LogP contribution in [0.2, 0.25) is 0 Å². The molecule has 116 valence electrons. The molecule has 0 atom stereocenters. The number of halogens is 1. The molecule has 0 spiro atoms. The Morgan fingerprint density at radius 3 is 2.30 bits per heavy atom. The molecule has 0 saturated heterocycles. The minimum atomic E-state index is -1.14. The van der Waals surface area contributed by atoms with E-state index >= 15 is 0 Å². The zero-order valence-corrected chi connectivity index (χ0v) is 14.3. The number of carbonyl (C=O) groups is 2. The molecule has 5 heteroatoms. The van der Waals surface area contributed by atoms with Crippen LogP contribution in [0.5, 0.6) is 0 Å². The van der Waals surface area contributed by atoms with E-state index in [1.54, 1.807) is 24.3 Å². The molecule has 0 aliphatic carbocycles. The van der Waals surface area contributed by atoms with Crippen molar-refractivity contribution in [3.8, 4) is 0 Å². The van der Waals surface area contributed by atoms with Gasteiger partial charge in [0.15, 0.2) is 0 Å². The van der Waals surface area contributed by atoms with E-state index in [-0.39, 0.29) is 9.82 Å². The molecular formula is C18H14IN2O2-. The monoisotopic (exact) mass is 417 g/mol. The Labute approximate surface area is 144 Å². The first-order valence-corrected chi connectivity index (χ1v) is 9.18. The van der Waals surface area contributed by atoms with Gasteiger partial charge in [-0.1, -0.05) is 0 Å². The summed E-state index contributed by atoms with van der Waals surface area (Å²) in [6, 6.07) is 22.5. The van der Waals surface area contributed by atoms with E-state index < -0.39 is 21.5 Å². The van der Waals surface area contributed by atoms with Gasteiger partial charge in [0.2, 0.25) is 0 Å². The Morgan fingerprint density at radius 1 is 0.783 bits per heavy atom. The van der Waals surface area contributed by atoms with Crippen LogP contribution in [0.1, 0.15) is 10.4 Å². The second-order valence-electron chi connectivity index (χ2n) is 4.81. The van der Waals surface area contributed by atoms with Crippen LogP contribution in [0.25, 0.3) is 10.8 Å². The number of fused-ring (bicyclic) bond motifs is 1. The van der Waals surface area contributed by atoms with Gasteiger partial charge in [0.25, 0.3) is 0 Å². The number of rotatable bonds is 4. The Bertz CT molecular complexity index is 845. The molecule has 3 aromatic carbocycles. The van der Waals surface area contributed by atoms with Crippen molar-refractivity contribution in [1.82, 2.24) is 3.53 Å². The molecule has 0 aliphatic rings. The Balaban J connectivity index is 1.64. The van der Waals surface area contributed by atoms with Gasteiger partial charge in [-0.15, -0.1) is 0 Å².